The van der Waals surface area contributed by atoms with Crippen LogP contribution in [0.15, 0.2) is 24.3 Å². The molecule has 0 saturated carbocycles. The van der Waals surface area contributed by atoms with E-state index < -0.39 is 0 Å². The van der Waals surface area contributed by atoms with E-state index in [9.17, 15) is 4.79 Å². The second-order valence-corrected chi connectivity index (χ2v) is 5.19. The highest BCUT2D eigenvalue weighted by molar-refractivity contribution is 5.80. The summed E-state index contributed by atoms with van der Waals surface area (Å²) in [5, 5.41) is 0. The maximum Gasteiger partial charge on any atom is 0.228 e. The van der Waals surface area contributed by atoms with Gasteiger partial charge in [-0.3, -0.25) is 4.79 Å². The van der Waals surface area contributed by atoms with Gasteiger partial charge in [-0.1, -0.05) is 12.1 Å². The number of carbonyl (C=O) groups excluding carboxylic acids is 1. The smallest absolute Gasteiger partial charge is 0.228 e. The third kappa shape index (κ3) is 2.58. The van der Waals surface area contributed by atoms with Gasteiger partial charge in [0.05, 0.1) is 32.7 Å². The number of hydrogen-bond donors (Lipinski definition) is 0. The second-order valence-electron chi connectivity index (χ2n) is 5.19. The molecule has 2 saturated heterocycles. The molecule has 0 aliphatic carbocycles. The van der Waals surface area contributed by atoms with Gasteiger partial charge in [0.1, 0.15) is 6.10 Å². The molecule has 1 aromatic rings. The molecule has 0 N–H and O–H groups in total. The number of amides is 1. The molecule has 2 heterocycles. The van der Waals surface area contributed by atoms with E-state index in [1.807, 2.05) is 29.2 Å². The van der Waals surface area contributed by atoms with E-state index >= 15 is 0 Å². The van der Waals surface area contributed by atoms with Crippen molar-refractivity contribution in [2.75, 3.05) is 33.4 Å². The van der Waals surface area contributed by atoms with Crippen LogP contribution in [0.25, 0.3) is 0 Å². The number of nitrogens with zero attached hydrogens (tertiary/aromatic N) is 1. The van der Waals surface area contributed by atoms with Crippen molar-refractivity contribution in [3.05, 3.63) is 24.3 Å². The molecule has 1 amide bonds. The van der Waals surface area contributed by atoms with Gasteiger partial charge in [-0.15, -0.1) is 0 Å². The van der Waals surface area contributed by atoms with Crippen LogP contribution in [0.4, 0.5) is 0 Å². The number of carbonyl (C=O) groups is 1. The van der Waals surface area contributed by atoms with Crippen molar-refractivity contribution in [1.82, 2.24) is 4.90 Å². The summed E-state index contributed by atoms with van der Waals surface area (Å²) in [6, 6.07) is 7.57. The minimum atomic E-state index is 0.0437. The Hall–Kier alpha value is -1.75. The monoisotopic (exact) mass is 277 g/mol. The summed E-state index contributed by atoms with van der Waals surface area (Å²) in [5.41, 5.74) is 0. The van der Waals surface area contributed by atoms with E-state index in [0.717, 1.165) is 17.9 Å². The number of ether oxygens (including phenoxy) is 3. The maximum atomic E-state index is 12.1. The zero-order valence-electron chi connectivity index (χ0n) is 11.6. The van der Waals surface area contributed by atoms with Crippen molar-refractivity contribution in [2.45, 2.75) is 12.5 Å². The Labute approximate surface area is 118 Å². The first-order chi connectivity index (χ1) is 9.78. The van der Waals surface area contributed by atoms with Gasteiger partial charge in [0.15, 0.2) is 11.5 Å². The van der Waals surface area contributed by atoms with Crippen LogP contribution in [0.3, 0.4) is 0 Å². The lowest BCUT2D eigenvalue weighted by atomic mass is 10.0. The van der Waals surface area contributed by atoms with Gasteiger partial charge in [0.2, 0.25) is 5.91 Å². The Morgan fingerprint density at radius 3 is 2.70 bits per heavy atom. The fraction of sp³-hybridized carbons (Fsp3) is 0.533. The first kappa shape index (κ1) is 13.2. The van der Waals surface area contributed by atoms with Gasteiger partial charge in [-0.05, 0) is 18.6 Å². The number of methoxy groups -OCH3 is 1. The lowest BCUT2D eigenvalue weighted by Crippen LogP contribution is -2.57. The van der Waals surface area contributed by atoms with Crippen LogP contribution in [0.2, 0.25) is 0 Å². The molecule has 2 fully saturated rings. The Balaban J connectivity index is 1.51. The van der Waals surface area contributed by atoms with E-state index in [2.05, 4.69) is 0 Å². The normalized spacial score (nSPS) is 22.4. The standard InChI is InChI=1S/C15H19NO4/c1-18-13-4-2-3-5-14(13)20-12-8-16(9-12)15(17)11-6-7-19-10-11/h2-5,11-12H,6-10H2,1H3/t11-/m1/s1. The number of likely N-dealkylation sites (tertiary alicyclic amines) is 1. The first-order valence-electron chi connectivity index (χ1n) is 6.94. The fourth-order valence-corrected chi connectivity index (χ4v) is 2.58. The highest BCUT2D eigenvalue weighted by atomic mass is 16.5. The molecule has 0 radical (unpaired) electrons. The zero-order chi connectivity index (χ0) is 13.9. The molecule has 2 aliphatic rings. The molecule has 1 aromatic carbocycles. The molecule has 2 aliphatic heterocycles. The summed E-state index contributed by atoms with van der Waals surface area (Å²) in [7, 11) is 1.62. The van der Waals surface area contributed by atoms with Gasteiger partial charge >= 0.3 is 0 Å². The van der Waals surface area contributed by atoms with Crippen LogP contribution in [0.5, 0.6) is 11.5 Å². The highest BCUT2D eigenvalue weighted by Gasteiger charge is 2.37. The Kier molecular flexibility index (Phi) is 3.78. The number of hydrogen-bond acceptors (Lipinski definition) is 4. The molecule has 3 rings (SSSR count). The van der Waals surface area contributed by atoms with E-state index in [4.69, 9.17) is 14.2 Å². The Morgan fingerprint density at radius 1 is 1.30 bits per heavy atom. The highest BCUT2D eigenvalue weighted by Crippen LogP contribution is 2.29. The Bertz CT molecular complexity index is 479. The van der Waals surface area contributed by atoms with Crippen LogP contribution in [-0.2, 0) is 9.53 Å². The predicted octanol–water partition coefficient (Wildman–Crippen LogP) is 1.32. The summed E-state index contributed by atoms with van der Waals surface area (Å²) in [6.07, 6.45) is 0.894. The summed E-state index contributed by atoms with van der Waals surface area (Å²) < 4.78 is 16.4. The van der Waals surface area contributed by atoms with Crippen molar-refractivity contribution in [3.8, 4) is 11.5 Å². The number of para-hydroxylation sites is 2. The largest absolute Gasteiger partial charge is 0.493 e. The quantitative estimate of drug-likeness (QED) is 0.833. The van der Waals surface area contributed by atoms with Gasteiger partial charge in [0.25, 0.3) is 0 Å². The SMILES string of the molecule is COc1ccccc1OC1CN(C(=O)[C@@H]2CCOC2)C1. The molecule has 5 heteroatoms. The summed E-state index contributed by atoms with van der Waals surface area (Å²) >= 11 is 0. The van der Waals surface area contributed by atoms with Gasteiger partial charge in [-0.25, -0.2) is 0 Å². The predicted molar refractivity (Wildman–Crippen MR) is 72.9 cm³/mol. The van der Waals surface area contributed by atoms with Crippen LogP contribution in [0, 0.1) is 5.92 Å². The maximum absolute atomic E-state index is 12.1. The lowest BCUT2D eigenvalue weighted by Gasteiger charge is -2.40. The molecule has 0 unspecified atom stereocenters. The fourth-order valence-electron chi connectivity index (χ4n) is 2.58. The van der Waals surface area contributed by atoms with Crippen LogP contribution in [-0.4, -0.2) is 50.3 Å². The van der Waals surface area contributed by atoms with Crippen LogP contribution < -0.4 is 9.47 Å². The minimum Gasteiger partial charge on any atom is -0.493 e. The zero-order valence-corrected chi connectivity index (χ0v) is 11.6. The molecular formula is C15H19NO4. The van der Waals surface area contributed by atoms with E-state index in [0.29, 0.717) is 26.3 Å². The molecule has 5 nitrogen and oxygen atoms in total. The summed E-state index contributed by atoms with van der Waals surface area (Å²) in [4.78, 5) is 14.0. The molecule has 1 atom stereocenters. The third-order valence-corrected chi connectivity index (χ3v) is 3.80. The number of benzene rings is 1. The van der Waals surface area contributed by atoms with E-state index in [1.54, 1.807) is 7.11 Å². The molecule has 20 heavy (non-hydrogen) atoms. The van der Waals surface area contributed by atoms with Gasteiger partial charge < -0.3 is 19.1 Å². The van der Waals surface area contributed by atoms with E-state index in [-0.39, 0.29) is 17.9 Å². The van der Waals surface area contributed by atoms with Crippen molar-refractivity contribution < 1.29 is 19.0 Å². The van der Waals surface area contributed by atoms with Gasteiger partial charge in [-0.2, -0.15) is 0 Å². The first-order valence-corrected chi connectivity index (χ1v) is 6.94. The molecule has 0 bridgehead atoms. The van der Waals surface area contributed by atoms with Crippen LogP contribution in [0.1, 0.15) is 6.42 Å². The minimum absolute atomic E-state index is 0.0437. The molecular weight excluding hydrogens is 258 g/mol. The lowest BCUT2D eigenvalue weighted by molar-refractivity contribution is -0.144. The van der Waals surface area contributed by atoms with Crippen LogP contribution >= 0.6 is 0 Å². The van der Waals surface area contributed by atoms with Crippen molar-refractivity contribution in [3.63, 3.8) is 0 Å². The third-order valence-electron chi connectivity index (χ3n) is 3.80. The second kappa shape index (κ2) is 5.71. The average Bonchev–Trinajstić information content (AvgIpc) is 2.96. The van der Waals surface area contributed by atoms with Crippen molar-refractivity contribution >= 4 is 5.91 Å². The molecule has 0 aromatic heterocycles. The van der Waals surface area contributed by atoms with Crippen molar-refractivity contribution in [1.29, 1.82) is 0 Å². The summed E-state index contributed by atoms with van der Waals surface area (Å²) in [6.45, 7) is 2.56. The van der Waals surface area contributed by atoms with E-state index in [1.165, 1.54) is 0 Å². The summed E-state index contributed by atoms with van der Waals surface area (Å²) in [5.74, 6) is 1.70. The number of rotatable bonds is 4. The van der Waals surface area contributed by atoms with Gasteiger partial charge in [0, 0.05) is 6.61 Å². The Morgan fingerprint density at radius 2 is 2.05 bits per heavy atom. The molecule has 0 spiro atoms. The van der Waals surface area contributed by atoms with Crippen molar-refractivity contribution in [2.24, 2.45) is 5.92 Å². The molecule has 108 valence electrons. The topological polar surface area (TPSA) is 48.0 Å². The average molecular weight is 277 g/mol.